The Labute approximate surface area is 121 Å². The minimum Gasteiger partial charge on any atom is -0.462 e. The van der Waals surface area contributed by atoms with Crippen LogP contribution in [0.5, 0.6) is 6.01 Å². The molecule has 2 rings (SSSR count). The SMILES string of the molecule is CCc1nnc(OCC2CCCCC2CN)nc1CC. The van der Waals surface area contributed by atoms with Crippen LogP contribution in [0, 0.1) is 11.8 Å². The average molecular weight is 278 g/mol. The second kappa shape index (κ2) is 7.53. The Balaban J connectivity index is 1.96. The van der Waals surface area contributed by atoms with Gasteiger partial charge in [-0.25, -0.2) is 0 Å². The number of rotatable bonds is 6. The molecular weight excluding hydrogens is 252 g/mol. The molecule has 1 fully saturated rings. The summed E-state index contributed by atoms with van der Waals surface area (Å²) in [6, 6.07) is 0.417. The highest BCUT2D eigenvalue weighted by atomic mass is 16.5. The van der Waals surface area contributed by atoms with Crippen molar-refractivity contribution in [2.45, 2.75) is 52.4 Å². The van der Waals surface area contributed by atoms with Gasteiger partial charge in [0.15, 0.2) is 0 Å². The maximum absolute atomic E-state index is 5.85. The van der Waals surface area contributed by atoms with E-state index in [-0.39, 0.29) is 0 Å². The molecular formula is C15H26N4O. The van der Waals surface area contributed by atoms with Gasteiger partial charge in [0.05, 0.1) is 18.0 Å². The van der Waals surface area contributed by atoms with Crippen LogP contribution in [0.25, 0.3) is 0 Å². The molecule has 2 N–H and O–H groups in total. The van der Waals surface area contributed by atoms with Crippen LogP contribution >= 0.6 is 0 Å². The monoisotopic (exact) mass is 278 g/mol. The van der Waals surface area contributed by atoms with E-state index >= 15 is 0 Å². The van der Waals surface area contributed by atoms with Crippen LogP contribution in [0.1, 0.15) is 50.9 Å². The van der Waals surface area contributed by atoms with Crippen LogP contribution in [-0.2, 0) is 12.8 Å². The molecule has 1 saturated carbocycles. The van der Waals surface area contributed by atoms with Crippen molar-refractivity contribution in [2.24, 2.45) is 17.6 Å². The summed E-state index contributed by atoms with van der Waals surface area (Å²) in [7, 11) is 0. The molecule has 1 heterocycles. The molecule has 20 heavy (non-hydrogen) atoms. The third kappa shape index (κ3) is 3.66. The third-order valence-electron chi connectivity index (χ3n) is 4.29. The van der Waals surface area contributed by atoms with Gasteiger partial charge in [-0.05, 0) is 44.1 Å². The topological polar surface area (TPSA) is 73.9 Å². The smallest absolute Gasteiger partial charge is 0.335 e. The molecule has 1 aromatic heterocycles. The molecule has 0 spiro atoms. The molecule has 1 aromatic rings. The third-order valence-corrected chi connectivity index (χ3v) is 4.29. The van der Waals surface area contributed by atoms with E-state index in [1.165, 1.54) is 25.7 Å². The van der Waals surface area contributed by atoms with Crippen molar-refractivity contribution in [1.29, 1.82) is 0 Å². The lowest BCUT2D eigenvalue weighted by Gasteiger charge is -2.30. The van der Waals surface area contributed by atoms with Crippen molar-refractivity contribution in [2.75, 3.05) is 13.2 Å². The fourth-order valence-electron chi connectivity index (χ4n) is 2.98. The summed E-state index contributed by atoms with van der Waals surface area (Å²) in [6.45, 7) is 5.57. The van der Waals surface area contributed by atoms with Crippen LogP contribution in [0.3, 0.4) is 0 Å². The second-order valence-corrected chi connectivity index (χ2v) is 5.55. The van der Waals surface area contributed by atoms with Gasteiger partial charge in [-0.1, -0.05) is 31.8 Å². The summed E-state index contributed by atoms with van der Waals surface area (Å²) in [5.41, 5.74) is 7.81. The van der Waals surface area contributed by atoms with Crippen LogP contribution in [0.15, 0.2) is 0 Å². The first-order valence-electron chi connectivity index (χ1n) is 7.83. The van der Waals surface area contributed by atoms with Crippen LogP contribution in [-0.4, -0.2) is 28.3 Å². The van der Waals surface area contributed by atoms with Crippen LogP contribution in [0.2, 0.25) is 0 Å². The van der Waals surface area contributed by atoms with Gasteiger partial charge >= 0.3 is 6.01 Å². The molecule has 0 amide bonds. The number of hydrogen-bond acceptors (Lipinski definition) is 5. The van der Waals surface area contributed by atoms with Crippen molar-refractivity contribution < 1.29 is 4.74 Å². The van der Waals surface area contributed by atoms with Crippen molar-refractivity contribution in [1.82, 2.24) is 15.2 Å². The lowest BCUT2D eigenvalue weighted by molar-refractivity contribution is 0.144. The van der Waals surface area contributed by atoms with E-state index in [4.69, 9.17) is 10.5 Å². The Morgan fingerprint density at radius 1 is 1.05 bits per heavy atom. The first-order chi connectivity index (χ1) is 9.78. The largest absolute Gasteiger partial charge is 0.462 e. The predicted molar refractivity (Wildman–Crippen MR) is 78.6 cm³/mol. The Morgan fingerprint density at radius 2 is 1.75 bits per heavy atom. The van der Waals surface area contributed by atoms with Crippen LogP contribution in [0.4, 0.5) is 0 Å². The molecule has 0 radical (unpaired) electrons. The van der Waals surface area contributed by atoms with Gasteiger partial charge in [0, 0.05) is 0 Å². The van der Waals surface area contributed by atoms with E-state index in [1.807, 2.05) is 0 Å². The highest BCUT2D eigenvalue weighted by Crippen LogP contribution is 2.29. The van der Waals surface area contributed by atoms with Crippen molar-refractivity contribution in [3.63, 3.8) is 0 Å². The molecule has 1 aliphatic carbocycles. The quantitative estimate of drug-likeness (QED) is 0.863. The number of ether oxygens (including phenoxy) is 1. The van der Waals surface area contributed by atoms with Crippen molar-refractivity contribution in [3.05, 3.63) is 11.4 Å². The molecule has 2 unspecified atom stereocenters. The Bertz CT molecular complexity index is 424. The zero-order valence-corrected chi connectivity index (χ0v) is 12.6. The number of hydrogen-bond donors (Lipinski definition) is 1. The van der Waals surface area contributed by atoms with Gasteiger partial charge < -0.3 is 10.5 Å². The molecule has 5 nitrogen and oxygen atoms in total. The maximum atomic E-state index is 5.85. The lowest BCUT2D eigenvalue weighted by Crippen LogP contribution is -2.31. The standard InChI is InChI=1S/C15H26N4O/c1-3-13-14(4-2)18-19-15(17-13)20-10-12-8-6-5-7-11(12)9-16/h11-12H,3-10,16H2,1-2H3. The predicted octanol–water partition coefficient (Wildman–Crippen LogP) is 2.14. The summed E-state index contributed by atoms with van der Waals surface area (Å²) < 4.78 is 5.78. The number of nitrogens with zero attached hydrogens (tertiary/aromatic N) is 3. The summed E-state index contributed by atoms with van der Waals surface area (Å²) in [5, 5.41) is 8.29. The summed E-state index contributed by atoms with van der Waals surface area (Å²) in [6.07, 6.45) is 6.72. The van der Waals surface area contributed by atoms with Crippen LogP contribution < -0.4 is 10.5 Å². The molecule has 0 aromatic carbocycles. The molecule has 0 saturated heterocycles. The van der Waals surface area contributed by atoms with E-state index in [1.54, 1.807) is 0 Å². The van der Waals surface area contributed by atoms with Gasteiger partial charge in [-0.2, -0.15) is 4.98 Å². The molecule has 0 bridgehead atoms. The van der Waals surface area contributed by atoms with Crippen molar-refractivity contribution >= 4 is 0 Å². The van der Waals surface area contributed by atoms with E-state index in [9.17, 15) is 0 Å². The minimum atomic E-state index is 0.417. The number of nitrogens with two attached hydrogens (primary N) is 1. The molecule has 1 aliphatic rings. The van der Waals surface area contributed by atoms with E-state index in [0.29, 0.717) is 24.5 Å². The molecule has 0 aliphatic heterocycles. The fraction of sp³-hybridized carbons (Fsp3) is 0.800. The lowest BCUT2D eigenvalue weighted by atomic mass is 9.80. The van der Waals surface area contributed by atoms with E-state index in [2.05, 4.69) is 29.0 Å². The average Bonchev–Trinajstić information content (AvgIpc) is 2.52. The minimum absolute atomic E-state index is 0.417. The fourth-order valence-corrected chi connectivity index (χ4v) is 2.98. The normalized spacial score (nSPS) is 22.8. The molecule has 5 heteroatoms. The maximum Gasteiger partial charge on any atom is 0.335 e. The highest BCUT2D eigenvalue weighted by Gasteiger charge is 2.24. The van der Waals surface area contributed by atoms with Gasteiger partial charge in [0.25, 0.3) is 0 Å². The summed E-state index contributed by atoms with van der Waals surface area (Å²) in [5.74, 6) is 1.12. The van der Waals surface area contributed by atoms with Gasteiger partial charge in [-0.3, -0.25) is 0 Å². The molecule has 112 valence electrons. The summed E-state index contributed by atoms with van der Waals surface area (Å²) >= 11 is 0. The first-order valence-corrected chi connectivity index (χ1v) is 7.83. The zero-order chi connectivity index (χ0) is 14.4. The van der Waals surface area contributed by atoms with Gasteiger partial charge in [0.2, 0.25) is 0 Å². The van der Waals surface area contributed by atoms with E-state index < -0.39 is 0 Å². The Morgan fingerprint density at radius 3 is 2.40 bits per heavy atom. The highest BCUT2D eigenvalue weighted by molar-refractivity contribution is 5.11. The Hall–Kier alpha value is -1.23. The van der Waals surface area contributed by atoms with Gasteiger partial charge in [-0.15, -0.1) is 5.10 Å². The van der Waals surface area contributed by atoms with Crippen molar-refractivity contribution in [3.8, 4) is 6.01 Å². The van der Waals surface area contributed by atoms with E-state index in [0.717, 1.165) is 30.8 Å². The second-order valence-electron chi connectivity index (χ2n) is 5.55. The van der Waals surface area contributed by atoms with Gasteiger partial charge in [0.1, 0.15) is 0 Å². The number of aryl methyl sites for hydroxylation is 2. The summed E-state index contributed by atoms with van der Waals surface area (Å²) in [4.78, 5) is 4.47. The molecule has 2 atom stereocenters. The number of aromatic nitrogens is 3. The zero-order valence-electron chi connectivity index (χ0n) is 12.6. The Kier molecular flexibility index (Phi) is 5.71. The first kappa shape index (κ1) is 15.2.